The van der Waals surface area contributed by atoms with Crippen LogP contribution in [0.25, 0.3) is 11.3 Å². The first-order chi connectivity index (χ1) is 10.2. The number of carbonyl (C=O) groups excluding carboxylic acids is 1. The van der Waals surface area contributed by atoms with Gasteiger partial charge in [0.25, 0.3) is 12.4 Å². The van der Waals surface area contributed by atoms with Crippen LogP contribution in [0.1, 0.15) is 29.8 Å². The first-order valence-corrected chi connectivity index (χ1v) is 6.65. The summed E-state index contributed by atoms with van der Waals surface area (Å²) in [7, 11) is 0. The fourth-order valence-electron chi connectivity index (χ4n) is 1.94. The van der Waals surface area contributed by atoms with E-state index in [1.54, 1.807) is 6.07 Å². The molecule has 0 aliphatic heterocycles. The fourth-order valence-corrected chi connectivity index (χ4v) is 1.94. The number of rotatable bonds is 3. The maximum Gasteiger partial charge on any atom is 0.290 e. The zero-order valence-corrected chi connectivity index (χ0v) is 11.4. The topological polar surface area (TPSA) is 92.4 Å². The van der Waals surface area contributed by atoms with Gasteiger partial charge in [0.15, 0.2) is 0 Å². The van der Waals surface area contributed by atoms with Gasteiger partial charge in [0.1, 0.15) is 5.69 Å². The van der Waals surface area contributed by atoms with E-state index in [2.05, 4.69) is 10.5 Å². The number of hydrogen-bond acceptors (Lipinski definition) is 4. The van der Waals surface area contributed by atoms with E-state index in [0.29, 0.717) is 11.7 Å². The summed E-state index contributed by atoms with van der Waals surface area (Å²) in [6, 6.07) is 11.7. The average molecular weight is 288 g/mol. The van der Waals surface area contributed by atoms with Crippen LogP contribution in [0.2, 0.25) is 0 Å². The number of hydrogen-bond donors (Lipinski definition) is 2. The monoisotopic (exact) mass is 288 g/mol. The predicted molar refractivity (Wildman–Crippen MR) is 75.7 cm³/mol. The Morgan fingerprint density at radius 3 is 2.57 bits per heavy atom. The van der Waals surface area contributed by atoms with Gasteiger partial charge in [-0.1, -0.05) is 35.5 Å². The van der Waals surface area contributed by atoms with Crippen LogP contribution in [0.5, 0.6) is 0 Å². The molecule has 1 aliphatic carbocycles. The molecule has 2 aromatic rings. The maximum absolute atomic E-state index is 11.8. The quantitative estimate of drug-likeness (QED) is 0.845. The molecule has 21 heavy (non-hydrogen) atoms. The van der Waals surface area contributed by atoms with Crippen LogP contribution in [-0.2, 0) is 4.79 Å². The molecule has 0 saturated heterocycles. The first-order valence-electron chi connectivity index (χ1n) is 6.65. The molecule has 1 saturated carbocycles. The molecular formula is C15H16N2O4. The number of carbonyl (C=O) groups is 2. The molecule has 0 spiro atoms. The molecule has 3 rings (SSSR count). The minimum atomic E-state index is -0.250. The van der Waals surface area contributed by atoms with Crippen LogP contribution in [0.3, 0.4) is 0 Å². The Balaban J connectivity index is 0.000000497. The molecule has 6 heteroatoms. The minimum absolute atomic E-state index is 0.172. The van der Waals surface area contributed by atoms with Crippen molar-refractivity contribution < 1.29 is 19.2 Å². The highest BCUT2D eigenvalue weighted by Gasteiger charge is 2.22. The third kappa shape index (κ3) is 3.92. The third-order valence-electron chi connectivity index (χ3n) is 3.24. The molecule has 1 heterocycles. The number of carboxylic acid groups (broad SMARTS) is 1. The summed E-state index contributed by atoms with van der Waals surface area (Å²) in [6.07, 6.45) is 3.31. The second-order valence-electron chi connectivity index (χ2n) is 4.65. The van der Waals surface area contributed by atoms with Crippen molar-refractivity contribution in [3.8, 4) is 11.3 Å². The van der Waals surface area contributed by atoms with Gasteiger partial charge in [0.2, 0.25) is 5.76 Å². The van der Waals surface area contributed by atoms with E-state index in [1.807, 2.05) is 30.3 Å². The highest BCUT2D eigenvalue weighted by Crippen LogP contribution is 2.21. The third-order valence-corrected chi connectivity index (χ3v) is 3.24. The van der Waals surface area contributed by atoms with Gasteiger partial charge in [-0.2, -0.15) is 0 Å². The molecule has 110 valence electrons. The van der Waals surface area contributed by atoms with Crippen LogP contribution in [0.15, 0.2) is 40.9 Å². The van der Waals surface area contributed by atoms with Gasteiger partial charge >= 0.3 is 0 Å². The molecule has 6 nitrogen and oxygen atoms in total. The molecule has 0 unspecified atom stereocenters. The van der Waals surface area contributed by atoms with E-state index in [-0.39, 0.29) is 18.1 Å². The Morgan fingerprint density at radius 1 is 1.33 bits per heavy atom. The standard InChI is InChI=1S/C14H14N2O2.CH2O2/c17-14(15-11-7-4-8-11)13-9-12(16-18-13)10-5-2-1-3-6-10;2-1-3/h1-3,5-6,9,11H,4,7-8H2,(H,15,17);1H,(H,2,3). The number of aromatic nitrogens is 1. The van der Waals surface area contributed by atoms with Gasteiger partial charge in [-0.3, -0.25) is 9.59 Å². The summed E-state index contributed by atoms with van der Waals surface area (Å²) in [5, 5.41) is 13.7. The van der Waals surface area contributed by atoms with Gasteiger partial charge in [-0.15, -0.1) is 0 Å². The van der Waals surface area contributed by atoms with Gasteiger partial charge in [-0.25, -0.2) is 0 Å². The lowest BCUT2D eigenvalue weighted by atomic mass is 9.93. The van der Waals surface area contributed by atoms with Crippen molar-refractivity contribution in [3.05, 3.63) is 42.2 Å². The van der Waals surface area contributed by atoms with Crippen LogP contribution in [-0.4, -0.2) is 28.7 Å². The zero-order valence-electron chi connectivity index (χ0n) is 11.4. The average Bonchev–Trinajstić information content (AvgIpc) is 2.94. The summed E-state index contributed by atoms with van der Waals surface area (Å²) in [6.45, 7) is -0.250. The summed E-state index contributed by atoms with van der Waals surface area (Å²) in [4.78, 5) is 20.2. The van der Waals surface area contributed by atoms with Crippen LogP contribution in [0, 0.1) is 0 Å². The molecule has 2 N–H and O–H groups in total. The van der Waals surface area contributed by atoms with Gasteiger partial charge < -0.3 is 14.9 Å². The second kappa shape index (κ2) is 7.23. The van der Waals surface area contributed by atoms with E-state index in [1.165, 1.54) is 6.42 Å². The second-order valence-corrected chi connectivity index (χ2v) is 4.65. The van der Waals surface area contributed by atoms with Crippen LogP contribution in [0.4, 0.5) is 0 Å². The lowest BCUT2D eigenvalue weighted by Crippen LogP contribution is -2.39. The maximum atomic E-state index is 11.8. The largest absolute Gasteiger partial charge is 0.483 e. The Hall–Kier alpha value is -2.63. The van der Waals surface area contributed by atoms with Gasteiger partial charge in [0, 0.05) is 17.7 Å². The van der Waals surface area contributed by atoms with Crippen molar-refractivity contribution in [2.24, 2.45) is 0 Å². The van der Waals surface area contributed by atoms with E-state index < -0.39 is 0 Å². The van der Waals surface area contributed by atoms with Crippen molar-refractivity contribution >= 4 is 12.4 Å². The molecule has 0 bridgehead atoms. The Kier molecular flexibility index (Phi) is 5.09. The summed E-state index contributed by atoms with van der Waals surface area (Å²) >= 11 is 0. The Morgan fingerprint density at radius 2 is 2.00 bits per heavy atom. The Labute approximate surface area is 121 Å². The molecule has 0 radical (unpaired) electrons. The summed E-state index contributed by atoms with van der Waals surface area (Å²) in [5.41, 5.74) is 1.64. The van der Waals surface area contributed by atoms with E-state index in [4.69, 9.17) is 14.4 Å². The molecule has 1 aliphatic rings. The van der Waals surface area contributed by atoms with Crippen molar-refractivity contribution in [2.75, 3.05) is 0 Å². The lowest BCUT2D eigenvalue weighted by Gasteiger charge is -2.25. The predicted octanol–water partition coefficient (Wildman–Crippen LogP) is 2.32. The van der Waals surface area contributed by atoms with E-state index in [0.717, 1.165) is 18.4 Å². The van der Waals surface area contributed by atoms with E-state index in [9.17, 15) is 4.79 Å². The molecule has 1 fully saturated rings. The van der Waals surface area contributed by atoms with Crippen molar-refractivity contribution in [2.45, 2.75) is 25.3 Å². The fraction of sp³-hybridized carbons (Fsp3) is 0.267. The number of benzene rings is 1. The Bertz CT molecular complexity index is 591. The number of nitrogens with zero attached hydrogens (tertiary/aromatic N) is 1. The molecule has 1 aromatic carbocycles. The van der Waals surface area contributed by atoms with Gasteiger partial charge in [-0.05, 0) is 19.3 Å². The smallest absolute Gasteiger partial charge is 0.290 e. The normalized spacial score (nSPS) is 13.5. The number of nitrogens with one attached hydrogen (secondary N) is 1. The molecule has 1 aromatic heterocycles. The lowest BCUT2D eigenvalue weighted by molar-refractivity contribution is -0.122. The van der Waals surface area contributed by atoms with Crippen molar-refractivity contribution in [1.82, 2.24) is 10.5 Å². The first kappa shape index (κ1) is 14.8. The summed E-state index contributed by atoms with van der Waals surface area (Å²) in [5.74, 6) is 0.107. The molecule has 1 amide bonds. The number of amides is 1. The van der Waals surface area contributed by atoms with E-state index >= 15 is 0 Å². The molecule has 0 atom stereocenters. The highest BCUT2D eigenvalue weighted by molar-refractivity contribution is 5.92. The SMILES string of the molecule is O=C(NC1CCC1)c1cc(-c2ccccc2)no1.O=CO. The highest BCUT2D eigenvalue weighted by atomic mass is 16.5. The zero-order chi connectivity index (χ0) is 15.1. The van der Waals surface area contributed by atoms with Crippen molar-refractivity contribution in [3.63, 3.8) is 0 Å². The van der Waals surface area contributed by atoms with Crippen LogP contribution >= 0.6 is 0 Å². The summed E-state index contributed by atoms with van der Waals surface area (Å²) < 4.78 is 5.09. The minimum Gasteiger partial charge on any atom is -0.483 e. The molecular weight excluding hydrogens is 272 g/mol. The van der Waals surface area contributed by atoms with Crippen LogP contribution < -0.4 is 5.32 Å². The van der Waals surface area contributed by atoms with Gasteiger partial charge in [0.05, 0.1) is 0 Å². The van der Waals surface area contributed by atoms with Crippen molar-refractivity contribution in [1.29, 1.82) is 0 Å².